The van der Waals surface area contributed by atoms with E-state index in [2.05, 4.69) is 0 Å². The number of fused-ring (bicyclic) bond motifs is 3. The fourth-order valence-electron chi connectivity index (χ4n) is 3.94. The molecule has 3 aromatic carbocycles. The number of anilines is 1. The lowest BCUT2D eigenvalue weighted by Gasteiger charge is -2.14. The third kappa shape index (κ3) is 3.34. The van der Waals surface area contributed by atoms with E-state index in [0.29, 0.717) is 45.8 Å². The van der Waals surface area contributed by atoms with Gasteiger partial charge in [-0.1, -0.05) is 54.6 Å². The highest BCUT2D eigenvalue weighted by atomic mass is 16.5. The predicted molar refractivity (Wildman–Crippen MR) is 126 cm³/mol. The lowest BCUT2D eigenvalue weighted by atomic mass is 10.0. The zero-order chi connectivity index (χ0) is 22.1. The fraction of sp³-hybridized carbons (Fsp3) is 0.0741. The Bertz CT molecular complexity index is 1360. The van der Waals surface area contributed by atoms with Gasteiger partial charge in [-0.2, -0.15) is 0 Å². The maximum Gasteiger partial charge on any atom is 0.268 e. The van der Waals surface area contributed by atoms with Gasteiger partial charge in [-0.15, -0.1) is 0 Å². The summed E-state index contributed by atoms with van der Waals surface area (Å²) in [6.07, 6.45) is 3.70. The first-order chi connectivity index (χ1) is 15.7. The Balaban J connectivity index is 1.64. The Morgan fingerprint density at radius 1 is 0.812 bits per heavy atom. The number of hydrogen-bond donors (Lipinski definition) is 0. The highest BCUT2D eigenvalue weighted by molar-refractivity contribution is 6.38. The average molecular weight is 420 g/mol. The number of rotatable bonds is 5. The third-order valence-corrected chi connectivity index (χ3v) is 5.39. The number of para-hydroxylation sites is 1. The van der Waals surface area contributed by atoms with Crippen molar-refractivity contribution in [2.75, 3.05) is 11.5 Å². The molecule has 1 aromatic heterocycles. The van der Waals surface area contributed by atoms with E-state index in [1.54, 1.807) is 30.3 Å². The maximum absolute atomic E-state index is 13.5. The lowest BCUT2D eigenvalue weighted by Crippen LogP contribution is -2.29. The molecule has 2 amide bonds. The molecule has 0 N–H and O–H groups in total. The molecule has 0 unspecified atom stereocenters. The standard InChI is InChI=1S/C27H20N2O3/c1-2-32-20-15-13-19(14-16-20)29-26(30)24-21-10-6-7-11-22(21)28-23(25(24)27(29)31)17-12-18-8-4-3-5-9-18/h3-17H,2H2,1H3/b17-12+. The SMILES string of the molecule is CCOc1ccc(N2C(=O)c3c(/C=C/c4ccccc4)nc4ccccc4c3C2=O)cc1. The van der Waals surface area contributed by atoms with Crippen molar-refractivity contribution in [3.05, 3.63) is 101 Å². The Morgan fingerprint density at radius 2 is 1.50 bits per heavy atom. The largest absolute Gasteiger partial charge is 0.494 e. The van der Waals surface area contributed by atoms with Crippen molar-refractivity contribution in [2.24, 2.45) is 0 Å². The Hall–Kier alpha value is -4.25. The van der Waals surface area contributed by atoms with Crippen LogP contribution in [0.4, 0.5) is 5.69 Å². The van der Waals surface area contributed by atoms with Crippen LogP contribution in [0.25, 0.3) is 23.1 Å². The fourth-order valence-corrected chi connectivity index (χ4v) is 3.94. The van der Waals surface area contributed by atoms with Gasteiger partial charge in [0.1, 0.15) is 5.75 Å². The van der Waals surface area contributed by atoms with Crippen LogP contribution >= 0.6 is 0 Å². The molecular formula is C27H20N2O3. The van der Waals surface area contributed by atoms with E-state index >= 15 is 0 Å². The number of aromatic nitrogens is 1. The van der Waals surface area contributed by atoms with Crippen LogP contribution in [0.15, 0.2) is 78.9 Å². The quantitative estimate of drug-likeness (QED) is 0.394. The van der Waals surface area contributed by atoms with E-state index in [-0.39, 0.29) is 11.8 Å². The van der Waals surface area contributed by atoms with Crippen LogP contribution in [0.2, 0.25) is 0 Å². The number of amides is 2. The molecule has 156 valence electrons. The van der Waals surface area contributed by atoms with Gasteiger partial charge in [0, 0.05) is 5.39 Å². The summed E-state index contributed by atoms with van der Waals surface area (Å²) < 4.78 is 5.48. The van der Waals surface area contributed by atoms with Crippen LogP contribution in [0, 0.1) is 0 Å². The van der Waals surface area contributed by atoms with Crippen molar-refractivity contribution in [1.29, 1.82) is 0 Å². The Kier molecular flexibility index (Phi) is 5.00. The molecule has 4 aromatic rings. The third-order valence-electron chi connectivity index (χ3n) is 5.39. The first kappa shape index (κ1) is 19.7. The van der Waals surface area contributed by atoms with E-state index in [0.717, 1.165) is 5.56 Å². The second kappa shape index (κ2) is 8.12. The molecule has 0 saturated carbocycles. The highest BCUT2D eigenvalue weighted by Crippen LogP contribution is 2.35. The van der Waals surface area contributed by atoms with Crippen molar-refractivity contribution in [3.63, 3.8) is 0 Å². The molecule has 0 radical (unpaired) electrons. The summed E-state index contributed by atoms with van der Waals surface area (Å²) in [5, 5.41) is 0.672. The number of pyridine rings is 1. The predicted octanol–water partition coefficient (Wildman–Crippen LogP) is 5.60. The Morgan fingerprint density at radius 3 is 2.25 bits per heavy atom. The summed E-state index contributed by atoms with van der Waals surface area (Å²) in [5.41, 5.74) is 3.36. The molecule has 1 aliphatic rings. The molecule has 0 atom stereocenters. The molecular weight excluding hydrogens is 400 g/mol. The van der Waals surface area contributed by atoms with Crippen molar-refractivity contribution in [1.82, 2.24) is 4.98 Å². The summed E-state index contributed by atoms with van der Waals surface area (Å²) >= 11 is 0. The molecule has 5 rings (SSSR count). The van der Waals surface area contributed by atoms with Crippen LogP contribution in [-0.4, -0.2) is 23.4 Å². The van der Waals surface area contributed by atoms with Crippen molar-refractivity contribution >= 4 is 40.6 Å². The van der Waals surface area contributed by atoms with E-state index in [9.17, 15) is 9.59 Å². The second-order valence-corrected chi connectivity index (χ2v) is 7.38. The zero-order valence-corrected chi connectivity index (χ0v) is 17.5. The van der Waals surface area contributed by atoms with Gasteiger partial charge in [0.25, 0.3) is 11.8 Å². The molecule has 0 bridgehead atoms. The first-order valence-corrected chi connectivity index (χ1v) is 10.4. The summed E-state index contributed by atoms with van der Waals surface area (Å²) in [4.78, 5) is 32.9. The number of ether oxygens (including phenoxy) is 1. The molecule has 0 fully saturated rings. The van der Waals surface area contributed by atoms with Crippen LogP contribution in [0.1, 0.15) is 38.9 Å². The van der Waals surface area contributed by atoms with E-state index in [1.165, 1.54) is 4.90 Å². The van der Waals surface area contributed by atoms with Crippen molar-refractivity contribution < 1.29 is 14.3 Å². The monoisotopic (exact) mass is 420 g/mol. The maximum atomic E-state index is 13.5. The molecule has 5 nitrogen and oxygen atoms in total. The van der Waals surface area contributed by atoms with Gasteiger partial charge in [-0.05, 0) is 48.9 Å². The van der Waals surface area contributed by atoms with Gasteiger partial charge in [0.2, 0.25) is 0 Å². The van der Waals surface area contributed by atoms with E-state index in [4.69, 9.17) is 9.72 Å². The average Bonchev–Trinajstić information content (AvgIpc) is 3.10. The minimum Gasteiger partial charge on any atom is -0.494 e. The van der Waals surface area contributed by atoms with Gasteiger partial charge in [0.05, 0.1) is 34.6 Å². The summed E-state index contributed by atoms with van der Waals surface area (Å²) in [6, 6.07) is 24.1. The van der Waals surface area contributed by atoms with E-state index < -0.39 is 0 Å². The van der Waals surface area contributed by atoms with Crippen LogP contribution in [0.3, 0.4) is 0 Å². The Labute approximate surface area is 185 Å². The van der Waals surface area contributed by atoms with Gasteiger partial charge in [-0.25, -0.2) is 9.88 Å². The van der Waals surface area contributed by atoms with Crippen LogP contribution < -0.4 is 9.64 Å². The molecule has 5 heteroatoms. The van der Waals surface area contributed by atoms with Crippen LogP contribution in [0.5, 0.6) is 5.75 Å². The van der Waals surface area contributed by atoms with Gasteiger partial charge >= 0.3 is 0 Å². The van der Waals surface area contributed by atoms with Gasteiger partial charge in [0.15, 0.2) is 0 Å². The summed E-state index contributed by atoms with van der Waals surface area (Å²) in [7, 11) is 0. The van der Waals surface area contributed by atoms with Crippen molar-refractivity contribution in [2.45, 2.75) is 6.92 Å². The summed E-state index contributed by atoms with van der Waals surface area (Å²) in [6.45, 7) is 2.45. The highest BCUT2D eigenvalue weighted by Gasteiger charge is 2.40. The normalized spacial score (nSPS) is 13.2. The van der Waals surface area contributed by atoms with Gasteiger partial charge < -0.3 is 4.74 Å². The van der Waals surface area contributed by atoms with Gasteiger partial charge in [-0.3, -0.25) is 9.59 Å². The van der Waals surface area contributed by atoms with Crippen molar-refractivity contribution in [3.8, 4) is 5.75 Å². The molecule has 0 saturated heterocycles. The lowest BCUT2D eigenvalue weighted by molar-refractivity contribution is 0.0926. The second-order valence-electron chi connectivity index (χ2n) is 7.38. The molecule has 1 aliphatic heterocycles. The molecule has 0 spiro atoms. The molecule has 2 heterocycles. The number of hydrogen-bond acceptors (Lipinski definition) is 4. The number of imide groups is 1. The number of carbonyl (C=O) groups excluding carboxylic acids is 2. The smallest absolute Gasteiger partial charge is 0.268 e. The molecule has 0 aliphatic carbocycles. The van der Waals surface area contributed by atoms with Crippen LogP contribution in [-0.2, 0) is 0 Å². The van der Waals surface area contributed by atoms with E-state index in [1.807, 2.05) is 67.6 Å². The number of benzene rings is 3. The number of carbonyl (C=O) groups is 2. The zero-order valence-electron chi connectivity index (χ0n) is 17.5. The first-order valence-electron chi connectivity index (χ1n) is 10.4. The minimum absolute atomic E-state index is 0.328. The minimum atomic E-state index is -0.375. The summed E-state index contributed by atoms with van der Waals surface area (Å²) in [5.74, 6) is -0.0336. The number of nitrogens with zero attached hydrogens (tertiary/aromatic N) is 2. The topological polar surface area (TPSA) is 59.5 Å². The molecule has 32 heavy (non-hydrogen) atoms.